The van der Waals surface area contributed by atoms with Crippen LogP contribution < -0.4 is 0 Å². The van der Waals surface area contributed by atoms with Crippen LogP contribution in [-0.2, 0) is 43.5 Å². The van der Waals surface area contributed by atoms with Crippen LogP contribution in [0.4, 0.5) is 0 Å². The van der Waals surface area contributed by atoms with E-state index in [4.69, 9.17) is 23.7 Å². The van der Waals surface area contributed by atoms with Crippen molar-refractivity contribution in [1.82, 2.24) is 0 Å². The Kier molecular flexibility index (Phi) is 8.82. The van der Waals surface area contributed by atoms with Crippen molar-refractivity contribution in [2.75, 3.05) is 20.3 Å². The Balaban J connectivity index is 1.50. The van der Waals surface area contributed by atoms with Crippen molar-refractivity contribution in [2.24, 2.45) is 0 Å². The molecular formula is C28H32O6. The van der Waals surface area contributed by atoms with E-state index < -0.39 is 24.1 Å². The van der Waals surface area contributed by atoms with E-state index in [1.165, 1.54) is 7.11 Å². The first-order valence-corrected chi connectivity index (χ1v) is 11.5. The van der Waals surface area contributed by atoms with Gasteiger partial charge in [0.25, 0.3) is 0 Å². The van der Waals surface area contributed by atoms with E-state index in [1.807, 2.05) is 91.0 Å². The summed E-state index contributed by atoms with van der Waals surface area (Å²) in [7, 11) is 1.51. The third-order valence-corrected chi connectivity index (χ3v) is 5.97. The molecule has 0 spiro atoms. The van der Waals surface area contributed by atoms with Crippen molar-refractivity contribution in [2.45, 2.75) is 43.9 Å². The Morgan fingerprint density at radius 3 is 1.74 bits per heavy atom. The summed E-state index contributed by atoms with van der Waals surface area (Å²) in [5, 5.41) is 10.3. The molecule has 0 aromatic heterocycles. The molecule has 1 aliphatic rings. The number of aliphatic hydroxyl groups is 1. The molecule has 0 saturated carbocycles. The van der Waals surface area contributed by atoms with E-state index in [1.54, 1.807) is 0 Å². The molecule has 4 rings (SSSR count). The van der Waals surface area contributed by atoms with Gasteiger partial charge in [-0.15, -0.1) is 0 Å². The minimum atomic E-state index is -1.35. The lowest BCUT2D eigenvalue weighted by Crippen LogP contribution is -2.50. The molecule has 1 saturated heterocycles. The summed E-state index contributed by atoms with van der Waals surface area (Å²) in [5.74, 6) is -1.35. The normalized spacial score (nSPS) is 24.4. The van der Waals surface area contributed by atoms with Gasteiger partial charge in [-0.1, -0.05) is 91.0 Å². The molecular weight excluding hydrogens is 432 g/mol. The van der Waals surface area contributed by atoms with E-state index in [-0.39, 0.29) is 13.2 Å². The van der Waals surface area contributed by atoms with Gasteiger partial charge in [0.1, 0.15) is 24.9 Å². The number of aliphatic hydroxyl groups excluding tert-OH is 1. The molecule has 6 nitrogen and oxygen atoms in total. The summed E-state index contributed by atoms with van der Waals surface area (Å²) in [4.78, 5) is 0. The van der Waals surface area contributed by atoms with Gasteiger partial charge in [-0.05, 0) is 16.7 Å². The number of hydrogen-bond donors (Lipinski definition) is 1. The average Bonchev–Trinajstić information content (AvgIpc) is 3.20. The van der Waals surface area contributed by atoms with Crippen LogP contribution in [0.3, 0.4) is 0 Å². The predicted molar refractivity (Wildman–Crippen MR) is 128 cm³/mol. The van der Waals surface area contributed by atoms with E-state index in [9.17, 15) is 5.11 Å². The summed E-state index contributed by atoms with van der Waals surface area (Å²) in [6, 6.07) is 29.7. The highest BCUT2D eigenvalue weighted by Crippen LogP contribution is 2.37. The summed E-state index contributed by atoms with van der Waals surface area (Å²) < 4.78 is 30.6. The van der Waals surface area contributed by atoms with Gasteiger partial charge in [-0.2, -0.15) is 0 Å². The minimum absolute atomic E-state index is 0.269. The fourth-order valence-corrected chi connectivity index (χ4v) is 4.13. The molecule has 1 heterocycles. The largest absolute Gasteiger partial charge is 0.391 e. The van der Waals surface area contributed by atoms with Crippen LogP contribution in [0.5, 0.6) is 0 Å². The molecule has 3 aromatic rings. The molecule has 0 bridgehead atoms. The molecule has 3 aromatic carbocycles. The SMILES string of the molecule is CO[C@@]1(CO)O[C@@H](COCc2ccccc2)[C@H](OCc2ccccc2)[C@H]1OCc1ccccc1. The fourth-order valence-electron chi connectivity index (χ4n) is 4.13. The molecule has 1 N–H and O–H groups in total. The Morgan fingerprint density at radius 2 is 1.24 bits per heavy atom. The first kappa shape index (κ1) is 24.5. The van der Waals surface area contributed by atoms with Crippen LogP contribution in [0.25, 0.3) is 0 Å². The molecule has 180 valence electrons. The van der Waals surface area contributed by atoms with Gasteiger partial charge in [0.15, 0.2) is 0 Å². The number of hydrogen-bond acceptors (Lipinski definition) is 6. The highest BCUT2D eigenvalue weighted by atomic mass is 16.8. The van der Waals surface area contributed by atoms with Crippen LogP contribution >= 0.6 is 0 Å². The number of benzene rings is 3. The standard InChI is InChI=1S/C28H32O6/c1-30-28(21-29)27(33-19-24-15-9-4-10-16-24)26(32-18-23-13-7-3-8-14-23)25(34-28)20-31-17-22-11-5-2-6-12-22/h2-16,25-27,29H,17-21H2,1H3/t25-,26-,27+,28-/m0/s1. The van der Waals surface area contributed by atoms with E-state index in [0.717, 1.165) is 16.7 Å². The van der Waals surface area contributed by atoms with E-state index >= 15 is 0 Å². The zero-order chi connectivity index (χ0) is 23.6. The maximum absolute atomic E-state index is 10.3. The quantitative estimate of drug-likeness (QED) is 0.435. The third kappa shape index (κ3) is 6.10. The Morgan fingerprint density at radius 1 is 0.735 bits per heavy atom. The van der Waals surface area contributed by atoms with Crippen molar-refractivity contribution in [3.8, 4) is 0 Å². The lowest BCUT2D eigenvalue weighted by atomic mass is 10.0. The molecule has 6 heteroatoms. The number of methoxy groups -OCH3 is 1. The molecule has 1 fully saturated rings. The van der Waals surface area contributed by atoms with Crippen molar-refractivity contribution in [3.05, 3.63) is 108 Å². The zero-order valence-corrected chi connectivity index (χ0v) is 19.4. The van der Waals surface area contributed by atoms with Gasteiger partial charge in [-0.3, -0.25) is 0 Å². The molecule has 1 aliphatic heterocycles. The van der Waals surface area contributed by atoms with Gasteiger partial charge in [0.05, 0.1) is 26.4 Å². The molecule has 0 amide bonds. The van der Waals surface area contributed by atoms with Crippen LogP contribution in [0.1, 0.15) is 16.7 Å². The third-order valence-electron chi connectivity index (χ3n) is 5.97. The highest BCUT2D eigenvalue weighted by molar-refractivity contribution is 5.15. The first-order valence-electron chi connectivity index (χ1n) is 11.5. The molecule has 4 atom stereocenters. The Bertz CT molecular complexity index is 962. The lowest BCUT2D eigenvalue weighted by molar-refractivity contribution is -0.274. The molecule has 0 aliphatic carbocycles. The van der Waals surface area contributed by atoms with Crippen molar-refractivity contribution in [3.63, 3.8) is 0 Å². The maximum Gasteiger partial charge on any atom is 0.221 e. The second kappa shape index (κ2) is 12.2. The molecule has 34 heavy (non-hydrogen) atoms. The van der Waals surface area contributed by atoms with Gasteiger partial charge in [0, 0.05) is 7.11 Å². The summed E-state index contributed by atoms with van der Waals surface area (Å²) in [6.45, 7) is 1.05. The summed E-state index contributed by atoms with van der Waals surface area (Å²) in [5.41, 5.74) is 3.11. The Labute approximate surface area is 201 Å². The predicted octanol–water partition coefficient (Wildman–Crippen LogP) is 4.11. The zero-order valence-electron chi connectivity index (χ0n) is 19.4. The van der Waals surface area contributed by atoms with Crippen molar-refractivity contribution in [1.29, 1.82) is 0 Å². The van der Waals surface area contributed by atoms with E-state index in [0.29, 0.717) is 19.8 Å². The average molecular weight is 465 g/mol. The highest BCUT2D eigenvalue weighted by Gasteiger charge is 2.57. The second-order valence-electron chi connectivity index (χ2n) is 8.31. The maximum atomic E-state index is 10.3. The molecule has 0 unspecified atom stereocenters. The van der Waals surface area contributed by atoms with Crippen molar-refractivity contribution >= 4 is 0 Å². The topological polar surface area (TPSA) is 66.4 Å². The van der Waals surface area contributed by atoms with Crippen LogP contribution in [0.2, 0.25) is 0 Å². The summed E-state index contributed by atoms with van der Waals surface area (Å²) in [6.07, 6.45) is -1.65. The number of ether oxygens (including phenoxy) is 5. The molecule has 0 radical (unpaired) electrons. The van der Waals surface area contributed by atoms with Gasteiger partial charge in [-0.25, -0.2) is 0 Å². The van der Waals surface area contributed by atoms with Gasteiger partial charge in [0.2, 0.25) is 5.79 Å². The van der Waals surface area contributed by atoms with Gasteiger partial charge < -0.3 is 28.8 Å². The van der Waals surface area contributed by atoms with Crippen molar-refractivity contribution < 1.29 is 28.8 Å². The summed E-state index contributed by atoms with van der Waals surface area (Å²) >= 11 is 0. The number of rotatable bonds is 12. The minimum Gasteiger partial charge on any atom is -0.391 e. The van der Waals surface area contributed by atoms with E-state index in [2.05, 4.69) is 0 Å². The smallest absolute Gasteiger partial charge is 0.221 e. The van der Waals surface area contributed by atoms with Gasteiger partial charge >= 0.3 is 0 Å². The lowest BCUT2D eigenvalue weighted by Gasteiger charge is -2.32. The van der Waals surface area contributed by atoms with Crippen LogP contribution in [0, 0.1) is 0 Å². The van der Waals surface area contributed by atoms with Crippen LogP contribution in [0.15, 0.2) is 91.0 Å². The first-order chi connectivity index (χ1) is 16.7. The second-order valence-corrected chi connectivity index (χ2v) is 8.31. The monoisotopic (exact) mass is 464 g/mol. The van der Waals surface area contributed by atoms with Crippen LogP contribution in [-0.4, -0.2) is 49.5 Å². The Hall–Kier alpha value is -2.58. The fraction of sp³-hybridized carbons (Fsp3) is 0.357.